The monoisotopic (exact) mass is 313 g/mol. The maximum atomic E-state index is 12.4. The molecular formula is C13H16FN3O5. The zero-order valence-corrected chi connectivity index (χ0v) is 11.9. The smallest absolute Gasteiger partial charge is 0.305 e. The number of hydrogen-bond acceptors (Lipinski definition) is 5. The van der Waals surface area contributed by atoms with Crippen LogP contribution in [0.25, 0.3) is 0 Å². The van der Waals surface area contributed by atoms with E-state index >= 15 is 0 Å². The Bertz CT molecular complexity index is 616. The van der Waals surface area contributed by atoms with Crippen LogP contribution in [0.1, 0.15) is 25.8 Å². The summed E-state index contributed by atoms with van der Waals surface area (Å²) in [5.41, 5.74) is -0.469. The summed E-state index contributed by atoms with van der Waals surface area (Å²) in [5, 5.41) is 10.9. The number of ketones is 1. The molecule has 0 aliphatic heterocycles. The highest BCUT2D eigenvalue weighted by atomic mass is 19.1. The number of carboxylic acids is 1. The minimum atomic E-state index is -1.48. The third-order valence-corrected chi connectivity index (χ3v) is 2.99. The minimum Gasteiger partial charge on any atom is -0.481 e. The lowest BCUT2D eigenvalue weighted by Gasteiger charge is -2.20. The fraction of sp³-hybridized carbons (Fsp3) is 0.462. The maximum absolute atomic E-state index is 12.4. The Labute approximate surface area is 125 Å². The van der Waals surface area contributed by atoms with Crippen molar-refractivity contribution < 1.29 is 23.9 Å². The topological polar surface area (TPSA) is 118 Å². The van der Waals surface area contributed by atoms with Crippen LogP contribution in [0.5, 0.6) is 0 Å². The first-order valence-electron chi connectivity index (χ1n) is 6.53. The van der Waals surface area contributed by atoms with Crippen molar-refractivity contribution >= 4 is 17.7 Å². The molecule has 0 fully saturated rings. The molecule has 1 unspecified atom stereocenters. The summed E-state index contributed by atoms with van der Waals surface area (Å²) in [6.07, 6.45) is 1.91. The average Bonchev–Trinajstić information content (AvgIpc) is 2.48. The molecule has 2 N–H and O–H groups in total. The van der Waals surface area contributed by atoms with Crippen molar-refractivity contribution in [1.29, 1.82) is 0 Å². The SMILES string of the molecule is CC[C@@H](C(=O)NC(CC(=O)O)C(=O)CF)n1cnccc1=O. The van der Waals surface area contributed by atoms with E-state index in [0.717, 1.165) is 10.6 Å². The highest BCUT2D eigenvalue weighted by Crippen LogP contribution is 2.09. The van der Waals surface area contributed by atoms with Gasteiger partial charge in [-0.25, -0.2) is 9.37 Å². The first-order chi connectivity index (χ1) is 10.4. The Kier molecular flexibility index (Phi) is 6.36. The number of amides is 1. The number of aromatic nitrogens is 2. The lowest BCUT2D eigenvalue weighted by Crippen LogP contribution is -2.47. The lowest BCUT2D eigenvalue weighted by molar-refractivity contribution is -0.140. The summed E-state index contributed by atoms with van der Waals surface area (Å²) in [6.45, 7) is 0.245. The molecular weight excluding hydrogens is 297 g/mol. The number of nitrogens with one attached hydrogen (secondary N) is 1. The van der Waals surface area contributed by atoms with Gasteiger partial charge in [0.05, 0.1) is 12.7 Å². The predicted molar refractivity (Wildman–Crippen MR) is 73.0 cm³/mol. The van der Waals surface area contributed by atoms with E-state index < -0.39 is 48.4 Å². The number of halogens is 1. The maximum Gasteiger partial charge on any atom is 0.305 e. The van der Waals surface area contributed by atoms with Crippen molar-refractivity contribution in [2.45, 2.75) is 31.8 Å². The summed E-state index contributed by atoms with van der Waals surface area (Å²) in [4.78, 5) is 49.7. The van der Waals surface area contributed by atoms with Crippen LogP contribution in [-0.2, 0) is 14.4 Å². The van der Waals surface area contributed by atoms with E-state index in [9.17, 15) is 23.6 Å². The Morgan fingerprint density at radius 3 is 2.64 bits per heavy atom. The molecule has 0 aliphatic carbocycles. The zero-order valence-electron chi connectivity index (χ0n) is 11.9. The second-order valence-electron chi connectivity index (χ2n) is 4.51. The minimum absolute atomic E-state index is 0.209. The molecule has 0 spiro atoms. The number of carbonyl (C=O) groups is 3. The van der Waals surface area contributed by atoms with Crippen LogP contribution in [-0.4, -0.2) is 45.0 Å². The van der Waals surface area contributed by atoms with E-state index in [1.54, 1.807) is 6.92 Å². The number of carboxylic acid groups (broad SMARTS) is 1. The molecule has 0 saturated carbocycles. The van der Waals surface area contributed by atoms with E-state index in [0.29, 0.717) is 0 Å². The molecule has 8 nitrogen and oxygen atoms in total. The second kappa shape index (κ2) is 8.01. The van der Waals surface area contributed by atoms with Crippen molar-refractivity contribution in [1.82, 2.24) is 14.9 Å². The molecule has 1 amide bonds. The molecule has 22 heavy (non-hydrogen) atoms. The summed E-state index contributed by atoms with van der Waals surface area (Å²) in [6, 6.07) is -1.28. The number of carbonyl (C=O) groups excluding carboxylic acids is 2. The molecule has 9 heteroatoms. The molecule has 0 aromatic carbocycles. The van der Waals surface area contributed by atoms with Gasteiger partial charge in [0, 0.05) is 12.3 Å². The molecule has 2 atom stereocenters. The molecule has 0 bridgehead atoms. The Balaban J connectivity index is 2.96. The van der Waals surface area contributed by atoms with Crippen LogP contribution in [0.2, 0.25) is 0 Å². The molecule has 1 rings (SSSR count). The summed E-state index contributed by atoms with van der Waals surface area (Å²) >= 11 is 0. The Morgan fingerprint density at radius 1 is 1.45 bits per heavy atom. The average molecular weight is 313 g/mol. The van der Waals surface area contributed by atoms with E-state index in [1.807, 2.05) is 0 Å². The molecule has 120 valence electrons. The Hall–Kier alpha value is -2.58. The van der Waals surface area contributed by atoms with Crippen LogP contribution in [0.15, 0.2) is 23.4 Å². The van der Waals surface area contributed by atoms with Crippen LogP contribution in [0.3, 0.4) is 0 Å². The first-order valence-corrected chi connectivity index (χ1v) is 6.53. The van der Waals surface area contributed by atoms with E-state index in [1.165, 1.54) is 12.5 Å². The fourth-order valence-corrected chi connectivity index (χ4v) is 1.88. The van der Waals surface area contributed by atoms with Gasteiger partial charge in [0.1, 0.15) is 18.8 Å². The van der Waals surface area contributed by atoms with Gasteiger partial charge in [-0.05, 0) is 6.42 Å². The van der Waals surface area contributed by atoms with Crippen LogP contribution in [0.4, 0.5) is 4.39 Å². The predicted octanol–water partition coefficient (Wildman–Crippen LogP) is -0.307. The highest BCUT2D eigenvalue weighted by molar-refractivity contribution is 5.93. The number of aliphatic carboxylic acids is 1. The van der Waals surface area contributed by atoms with Gasteiger partial charge >= 0.3 is 5.97 Å². The van der Waals surface area contributed by atoms with Gasteiger partial charge in [-0.2, -0.15) is 0 Å². The van der Waals surface area contributed by atoms with Crippen LogP contribution < -0.4 is 10.9 Å². The first kappa shape index (κ1) is 17.5. The normalized spacial score (nSPS) is 13.2. The number of nitrogens with zero attached hydrogens (tertiary/aromatic N) is 2. The van der Waals surface area contributed by atoms with Crippen molar-refractivity contribution in [2.75, 3.05) is 6.67 Å². The quantitative estimate of drug-likeness (QED) is 0.680. The van der Waals surface area contributed by atoms with Crippen molar-refractivity contribution in [2.24, 2.45) is 0 Å². The standard InChI is InChI=1S/C13H16FN3O5/c1-2-9(17-7-15-4-3-11(17)19)13(22)16-8(5-12(20)21)10(18)6-14/h3-4,7-9H,2,5-6H2,1H3,(H,16,22)(H,20,21)/t8?,9-/m0/s1. The van der Waals surface area contributed by atoms with E-state index in [4.69, 9.17) is 5.11 Å². The zero-order chi connectivity index (χ0) is 16.7. The van der Waals surface area contributed by atoms with E-state index in [-0.39, 0.29) is 6.42 Å². The van der Waals surface area contributed by atoms with Gasteiger partial charge in [-0.1, -0.05) is 6.92 Å². The van der Waals surface area contributed by atoms with Gasteiger partial charge in [0.15, 0.2) is 5.78 Å². The fourth-order valence-electron chi connectivity index (χ4n) is 1.88. The van der Waals surface area contributed by atoms with E-state index in [2.05, 4.69) is 10.3 Å². The second-order valence-corrected chi connectivity index (χ2v) is 4.51. The number of rotatable bonds is 8. The van der Waals surface area contributed by atoms with Gasteiger partial charge in [-0.3, -0.25) is 23.7 Å². The third-order valence-electron chi connectivity index (χ3n) is 2.99. The largest absolute Gasteiger partial charge is 0.481 e. The van der Waals surface area contributed by atoms with Crippen LogP contribution in [0, 0.1) is 0 Å². The van der Waals surface area contributed by atoms with Gasteiger partial charge in [-0.15, -0.1) is 0 Å². The molecule has 1 aromatic rings. The number of hydrogen-bond donors (Lipinski definition) is 2. The summed E-state index contributed by atoms with van der Waals surface area (Å²) < 4.78 is 13.5. The van der Waals surface area contributed by atoms with Gasteiger partial charge in [0.2, 0.25) is 5.91 Å². The lowest BCUT2D eigenvalue weighted by atomic mass is 10.1. The van der Waals surface area contributed by atoms with Crippen molar-refractivity contribution in [3.8, 4) is 0 Å². The highest BCUT2D eigenvalue weighted by Gasteiger charge is 2.27. The van der Waals surface area contributed by atoms with Gasteiger partial charge in [0.25, 0.3) is 5.56 Å². The van der Waals surface area contributed by atoms with Crippen molar-refractivity contribution in [3.63, 3.8) is 0 Å². The molecule has 0 saturated heterocycles. The molecule has 1 aromatic heterocycles. The third kappa shape index (κ3) is 4.47. The summed E-state index contributed by atoms with van der Waals surface area (Å²) in [7, 11) is 0. The Morgan fingerprint density at radius 2 is 2.14 bits per heavy atom. The molecule has 0 aliphatic rings. The number of Topliss-reactive ketones (excluding diaryl/α,β-unsaturated/α-hetero) is 1. The van der Waals surface area contributed by atoms with Gasteiger partial charge < -0.3 is 10.4 Å². The van der Waals surface area contributed by atoms with Crippen molar-refractivity contribution in [3.05, 3.63) is 28.9 Å². The van der Waals surface area contributed by atoms with Crippen LogP contribution >= 0.6 is 0 Å². The molecule has 1 heterocycles. The molecule has 0 radical (unpaired) electrons. The summed E-state index contributed by atoms with van der Waals surface area (Å²) in [5.74, 6) is -3.13. The number of alkyl halides is 1.